The van der Waals surface area contributed by atoms with Crippen LogP contribution in [0.2, 0.25) is 0 Å². The van der Waals surface area contributed by atoms with Gasteiger partial charge in [0, 0.05) is 18.2 Å². The predicted molar refractivity (Wildman–Crippen MR) is 68.9 cm³/mol. The second-order valence-corrected chi connectivity index (χ2v) is 4.83. The van der Waals surface area contributed by atoms with Crippen LogP contribution in [0.4, 0.5) is 0 Å². The summed E-state index contributed by atoms with van der Waals surface area (Å²) in [5.41, 5.74) is 5.35. The summed E-state index contributed by atoms with van der Waals surface area (Å²) in [6.07, 6.45) is 4.69. The third-order valence-corrected chi connectivity index (χ3v) is 3.85. The van der Waals surface area contributed by atoms with Crippen LogP contribution >= 0.6 is 0 Å². The Balaban J connectivity index is 2.06. The molecule has 0 fully saturated rings. The van der Waals surface area contributed by atoms with Gasteiger partial charge in [-0.15, -0.1) is 0 Å². The number of likely N-dealkylation sites (N-methyl/N-ethyl adjacent to an activating group) is 1. The molecule has 0 saturated carbocycles. The van der Waals surface area contributed by atoms with Gasteiger partial charge in [-0.2, -0.15) is 0 Å². The Bertz CT molecular complexity index is 516. The highest BCUT2D eigenvalue weighted by atomic mass is 16.3. The zero-order valence-electron chi connectivity index (χ0n) is 10.3. The summed E-state index contributed by atoms with van der Waals surface area (Å²) in [6.45, 7) is 3.43. The van der Waals surface area contributed by atoms with Crippen LogP contribution in [0.5, 0.6) is 0 Å². The molecule has 0 radical (unpaired) electrons. The van der Waals surface area contributed by atoms with Crippen LogP contribution in [0.3, 0.4) is 0 Å². The lowest BCUT2D eigenvalue weighted by Crippen LogP contribution is -2.30. The minimum atomic E-state index is 0.505. The van der Waals surface area contributed by atoms with E-state index in [9.17, 15) is 0 Å². The standard InChI is InChI=1S/C15H17NO/c1-11-15-9-13(14-6-8-17-10-14)4-3-12(15)5-7-16(11)2/h3-4,6,8-11H,5,7H2,1-2H3. The Kier molecular flexibility index (Phi) is 2.52. The van der Waals surface area contributed by atoms with Crippen LogP contribution in [0.1, 0.15) is 24.1 Å². The number of rotatable bonds is 1. The Hall–Kier alpha value is -1.54. The van der Waals surface area contributed by atoms with E-state index in [1.807, 2.05) is 6.07 Å². The van der Waals surface area contributed by atoms with Crippen LogP contribution in [-0.2, 0) is 6.42 Å². The minimum Gasteiger partial charge on any atom is -0.472 e. The molecule has 2 aromatic rings. The van der Waals surface area contributed by atoms with Gasteiger partial charge in [-0.05, 0) is 49.2 Å². The Morgan fingerprint density at radius 3 is 2.88 bits per heavy atom. The van der Waals surface area contributed by atoms with Crippen LogP contribution in [0, 0.1) is 0 Å². The van der Waals surface area contributed by atoms with E-state index >= 15 is 0 Å². The topological polar surface area (TPSA) is 16.4 Å². The first-order chi connectivity index (χ1) is 8.25. The number of benzene rings is 1. The van der Waals surface area contributed by atoms with E-state index in [1.54, 1.807) is 12.5 Å². The highest BCUT2D eigenvalue weighted by Crippen LogP contribution is 2.32. The van der Waals surface area contributed by atoms with Gasteiger partial charge in [0.1, 0.15) is 0 Å². The molecule has 17 heavy (non-hydrogen) atoms. The van der Waals surface area contributed by atoms with Crippen LogP contribution in [-0.4, -0.2) is 18.5 Å². The van der Waals surface area contributed by atoms with Crippen molar-refractivity contribution in [3.8, 4) is 11.1 Å². The van der Waals surface area contributed by atoms with Crippen molar-refractivity contribution in [2.75, 3.05) is 13.6 Å². The van der Waals surface area contributed by atoms with Gasteiger partial charge in [-0.25, -0.2) is 0 Å². The maximum absolute atomic E-state index is 5.15. The Labute approximate surface area is 102 Å². The van der Waals surface area contributed by atoms with Crippen LogP contribution < -0.4 is 0 Å². The summed E-state index contributed by atoms with van der Waals surface area (Å²) in [5.74, 6) is 0. The molecule has 0 N–H and O–H groups in total. The lowest BCUT2D eigenvalue weighted by molar-refractivity contribution is 0.247. The number of hydrogen-bond acceptors (Lipinski definition) is 2. The van der Waals surface area contributed by atoms with E-state index in [-0.39, 0.29) is 0 Å². The van der Waals surface area contributed by atoms with Gasteiger partial charge in [-0.1, -0.05) is 12.1 Å². The first-order valence-electron chi connectivity index (χ1n) is 6.11. The van der Waals surface area contributed by atoms with Crippen molar-refractivity contribution in [3.05, 3.63) is 47.9 Å². The summed E-state index contributed by atoms with van der Waals surface area (Å²) >= 11 is 0. The monoisotopic (exact) mass is 227 g/mol. The SMILES string of the molecule is CC1c2cc(-c3ccoc3)ccc2CCN1C. The average molecular weight is 227 g/mol. The van der Waals surface area contributed by atoms with Crippen LogP contribution in [0.15, 0.2) is 41.2 Å². The fourth-order valence-electron chi connectivity index (χ4n) is 2.55. The maximum Gasteiger partial charge on any atom is 0.0980 e. The molecule has 2 heteroatoms. The molecule has 1 aliphatic rings. The van der Waals surface area contributed by atoms with E-state index in [1.165, 1.54) is 16.7 Å². The average Bonchev–Trinajstić information content (AvgIpc) is 2.87. The van der Waals surface area contributed by atoms with Gasteiger partial charge in [-0.3, -0.25) is 4.90 Å². The van der Waals surface area contributed by atoms with Crippen molar-refractivity contribution in [3.63, 3.8) is 0 Å². The molecule has 0 saturated heterocycles. The summed E-state index contributed by atoms with van der Waals surface area (Å²) in [7, 11) is 2.19. The smallest absolute Gasteiger partial charge is 0.0980 e. The Morgan fingerprint density at radius 1 is 1.24 bits per heavy atom. The quantitative estimate of drug-likeness (QED) is 0.741. The summed E-state index contributed by atoms with van der Waals surface area (Å²) in [5, 5.41) is 0. The summed E-state index contributed by atoms with van der Waals surface area (Å²) < 4.78 is 5.15. The molecule has 3 rings (SSSR count). The summed E-state index contributed by atoms with van der Waals surface area (Å²) in [6, 6.07) is 9.29. The van der Waals surface area contributed by atoms with E-state index in [2.05, 4.69) is 37.1 Å². The van der Waals surface area contributed by atoms with E-state index in [0.29, 0.717) is 6.04 Å². The highest BCUT2D eigenvalue weighted by molar-refractivity contribution is 5.64. The zero-order valence-corrected chi connectivity index (χ0v) is 10.3. The molecule has 0 amide bonds. The molecular weight excluding hydrogens is 210 g/mol. The first-order valence-corrected chi connectivity index (χ1v) is 6.11. The molecule has 1 unspecified atom stereocenters. The van der Waals surface area contributed by atoms with Crippen molar-refractivity contribution >= 4 is 0 Å². The molecule has 1 aromatic heterocycles. The van der Waals surface area contributed by atoms with Gasteiger partial charge in [0.15, 0.2) is 0 Å². The molecule has 0 aliphatic carbocycles. The molecular formula is C15H17NO. The fraction of sp³-hybridized carbons (Fsp3) is 0.333. The second-order valence-electron chi connectivity index (χ2n) is 4.83. The van der Waals surface area contributed by atoms with E-state index in [0.717, 1.165) is 18.5 Å². The molecule has 2 heterocycles. The fourth-order valence-corrected chi connectivity index (χ4v) is 2.55. The molecule has 2 nitrogen and oxygen atoms in total. The molecule has 1 aromatic carbocycles. The normalized spacial score (nSPS) is 20.2. The molecule has 88 valence electrons. The second kappa shape index (κ2) is 4.04. The number of fused-ring (bicyclic) bond motifs is 1. The van der Waals surface area contributed by atoms with Crippen LogP contribution in [0.25, 0.3) is 11.1 Å². The molecule has 0 spiro atoms. The first kappa shape index (κ1) is 10.6. The van der Waals surface area contributed by atoms with Crippen molar-refractivity contribution in [1.82, 2.24) is 4.90 Å². The predicted octanol–water partition coefficient (Wildman–Crippen LogP) is 3.50. The van der Waals surface area contributed by atoms with Crippen molar-refractivity contribution in [1.29, 1.82) is 0 Å². The van der Waals surface area contributed by atoms with Gasteiger partial charge >= 0.3 is 0 Å². The zero-order chi connectivity index (χ0) is 11.8. The largest absolute Gasteiger partial charge is 0.472 e. The maximum atomic E-state index is 5.15. The molecule has 1 aliphatic heterocycles. The van der Waals surface area contributed by atoms with E-state index in [4.69, 9.17) is 4.42 Å². The molecule has 1 atom stereocenters. The number of furan rings is 1. The van der Waals surface area contributed by atoms with Gasteiger partial charge in [0.25, 0.3) is 0 Å². The number of hydrogen-bond donors (Lipinski definition) is 0. The van der Waals surface area contributed by atoms with E-state index < -0.39 is 0 Å². The Morgan fingerprint density at radius 2 is 2.12 bits per heavy atom. The molecule has 0 bridgehead atoms. The van der Waals surface area contributed by atoms with Gasteiger partial charge in [0.05, 0.1) is 12.5 Å². The lowest BCUT2D eigenvalue weighted by atomic mass is 9.91. The van der Waals surface area contributed by atoms with Crippen molar-refractivity contribution in [2.24, 2.45) is 0 Å². The number of nitrogens with zero attached hydrogens (tertiary/aromatic N) is 1. The van der Waals surface area contributed by atoms with Gasteiger partial charge < -0.3 is 4.42 Å². The third-order valence-electron chi connectivity index (χ3n) is 3.85. The third kappa shape index (κ3) is 1.79. The van der Waals surface area contributed by atoms with Gasteiger partial charge in [0.2, 0.25) is 0 Å². The minimum absolute atomic E-state index is 0.505. The lowest BCUT2D eigenvalue weighted by Gasteiger charge is -2.32. The summed E-state index contributed by atoms with van der Waals surface area (Å²) in [4.78, 5) is 2.40. The highest BCUT2D eigenvalue weighted by Gasteiger charge is 2.21. The van der Waals surface area contributed by atoms with Crippen molar-refractivity contribution in [2.45, 2.75) is 19.4 Å². The van der Waals surface area contributed by atoms with Crippen molar-refractivity contribution < 1.29 is 4.42 Å².